The summed E-state index contributed by atoms with van der Waals surface area (Å²) in [5.41, 5.74) is 1.12. The molecule has 0 spiro atoms. The third kappa shape index (κ3) is 6.74. The molecule has 0 atom stereocenters. The predicted molar refractivity (Wildman–Crippen MR) is 173 cm³/mol. The molecule has 2 aromatic carbocycles. The zero-order chi connectivity index (χ0) is 34.6. The summed E-state index contributed by atoms with van der Waals surface area (Å²) in [4.78, 5) is 60.6. The average molecular weight is 677 g/mol. The van der Waals surface area contributed by atoms with Crippen LogP contribution in [0.2, 0.25) is 0 Å². The fourth-order valence-corrected chi connectivity index (χ4v) is 6.08. The second-order valence-electron chi connectivity index (χ2n) is 10.4. The van der Waals surface area contributed by atoms with Gasteiger partial charge in [0, 0.05) is 12.4 Å². The van der Waals surface area contributed by atoms with Gasteiger partial charge in [0.2, 0.25) is 10.0 Å². The maximum atomic E-state index is 14.2. The highest BCUT2D eigenvalue weighted by Crippen LogP contribution is 2.26. The smallest absolute Gasteiger partial charge is 0.407 e. The van der Waals surface area contributed by atoms with E-state index < -0.39 is 40.2 Å². The topological polar surface area (TPSA) is 189 Å². The van der Waals surface area contributed by atoms with Crippen molar-refractivity contribution in [2.24, 2.45) is 0 Å². The number of esters is 2. The Morgan fingerprint density at radius 3 is 2.44 bits per heavy atom. The normalized spacial score (nSPS) is 11.4. The minimum atomic E-state index is -4.07. The molecule has 15 nitrogen and oxygen atoms in total. The zero-order valence-electron chi connectivity index (χ0n) is 26.5. The quantitative estimate of drug-likeness (QED) is 0.119. The molecular weight excluding hydrogens is 644 g/mol. The monoisotopic (exact) mass is 676 g/mol. The number of hydrogen-bond acceptors (Lipinski definition) is 11. The van der Waals surface area contributed by atoms with E-state index >= 15 is 0 Å². The van der Waals surface area contributed by atoms with Crippen molar-refractivity contribution in [2.45, 2.75) is 32.3 Å². The Hall–Kier alpha value is -5.61. The van der Waals surface area contributed by atoms with E-state index in [1.54, 1.807) is 49.6 Å². The molecule has 48 heavy (non-hydrogen) atoms. The number of alkyl carbamates (subject to hydrolysis) is 1. The fourth-order valence-electron chi connectivity index (χ4n) is 5.17. The highest BCUT2D eigenvalue weighted by Gasteiger charge is 2.25. The van der Waals surface area contributed by atoms with Crippen molar-refractivity contribution in [3.05, 3.63) is 99.5 Å². The number of hydrogen-bond donors (Lipinski definition) is 2. The minimum absolute atomic E-state index is 0.0539. The van der Waals surface area contributed by atoms with Crippen molar-refractivity contribution >= 4 is 44.6 Å². The van der Waals surface area contributed by atoms with Crippen molar-refractivity contribution in [3.8, 4) is 5.69 Å². The van der Waals surface area contributed by atoms with Crippen LogP contribution in [0.25, 0.3) is 22.2 Å². The van der Waals surface area contributed by atoms with Crippen LogP contribution < -0.4 is 15.6 Å². The number of para-hydroxylation sites is 1. The van der Waals surface area contributed by atoms with Gasteiger partial charge in [0.1, 0.15) is 17.1 Å². The van der Waals surface area contributed by atoms with Crippen molar-refractivity contribution in [1.82, 2.24) is 29.0 Å². The molecule has 0 saturated heterocycles. The number of rotatable bonds is 11. The predicted octanol–water partition coefficient (Wildman–Crippen LogP) is 2.82. The molecule has 0 aliphatic heterocycles. The number of ether oxygens (including phenoxy) is 3. The van der Waals surface area contributed by atoms with Crippen LogP contribution >= 0.6 is 0 Å². The van der Waals surface area contributed by atoms with Gasteiger partial charge in [0.05, 0.1) is 35.3 Å². The van der Waals surface area contributed by atoms with E-state index in [1.165, 1.54) is 43.6 Å². The van der Waals surface area contributed by atoms with Crippen LogP contribution in [0.3, 0.4) is 0 Å². The van der Waals surface area contributed by atoms with Crippen LogP contribution in [-0.4, -0.2) is 72.2 Å². The molecule has 1 amide bonds. The van der Waals surface area contributed by atoms with Gasteiger partial charge in [0.15, 0.2) is 18.1 Å². The van der Waals surface area contributed by atoms with E-state index in [2.05, 4.69) is 20.0 Å². The molecule has 0 aliphatic rings. The van der Waals surface area contributed by atoms with Crippen LogP contribution in [0.1, 0.15) is 44.7 Å². The second-order valence-corrected chi connectivity index (χ2v) is 12.2. The molecule has 16 heteroatoms. The van der Waals surface area contributed by atoms with Gasteiger partial charge in [-0.2, -0.15) is 0 Å². The highest BCUT2D eigenvalue weighted by molar-refractivity contribution is 7.89. The number of aryl methyl sites for hydroxylation is 2. The average Bonchev–Trinajstić information content (AvgIpc) is 3.50. The second kappa shape index (κ2) is 14.0. The summed E-state index contributed by atoms with van der Waals surface area (Å²) in [5.74, 6) is -1.39. The highest BCUT2D eigenvalue weighted by atomic mass is 32.2. The summed E-state index contributed by atoms with van der Waals surface area (Å²) < 4.78 is 46.6. The first-order valence-corrected chi connectivity index (χ1v) is 16.2. The van der Waals surface area contributed by atoms with Gasteiger partial charge >= 0.3 is 18.0 Å². The van der Waals surface area contributed by atoms with Crippen LogP contribution in [0.4, 0.5) is 4.79 Å². The maximum Gasteiger partial charge on any atom is 0.407 e. The van der Waals surface area contributed by atoms with Crippen molar-refractivity contribution in [1.29, 1.82) is 0 Å². The number of pyridine rings is 1. The number of fused-ring (bicyclic) bond motifs is 2. The Morgan fingerprint density at radius 2 is 1.71 bits per heavy atom. The number of imidazole rings is 1. The lowest BCUT2D eigenvalue weighted by Gasteiger charge is -2.19. The van der Waals surface area contributed by atoms with E-state index in [4.69, 9.17) is 14.2 Å². The number of amides is 1. The molecule has 0 unspecified atom stereocenters. The van der Waals surface area contributed by atoms with Gasteiger partial charge < -0.3 is 23.9 Å². The molecule has 0 radical (unpaired) electrons. The van der Waals surface area contributed by atoms with E-state index in [-0.39, 0.29) is 58.3 Å². The third-order valence-corrected chi connectivity index (χ3v) is 8.79. The van der Waals surface area contributed by atoms with E-state index in [1.807, 2.05) is 0 Å². The third-order valence-electron chi connectivity index (χ3n) is 7.33. The van der Waals surface area contributed by atoms with Crippen LogP contribution in [0, 0.1) is 13.8 Å². The number of nitrogens with one attached hydrogen (secondary N) is 2. The molecule has 5 aromatic rings. The summed E-state index contributed by atoms with van der Waals surface area (Å²) in [7, 11) is -2.84. The lowest BCUT2D eigenvalue weighted by atomic mass is 9.98. The van der Waals surface area contributed by atoms with Gasteiger partial charge in [-0.05, 0) is 69.3 Å². The number of nitrogens with zero attached hydrogens (tertiary/aromatic N) is 4. The Labute approximate surface area is 274 Å². The van der Waals surface area contributed by atoms with Crippen LogP contribution in [0.5, 0.6) is 0 Å². The first-order chi connectivity index (χ1) is 23.0. The molecule has 3 heterocycles. The lowest BCUT2D eigenvalue weighted by molar-refractivity contribution is 0.0495. The maximum absolute atomic E-state index is 14.2. The lowest BCUT2D eigenvalue weighted by Crippen LogP contribution is -2.31. The summed E-state index contributed by atoms with van der Waals surface area (Å²) in [5, 5.41) is 2.51. The first kappa shape index (κ1) is 33.7. The van der Waals surface area contributed by atoms with E-state index in [0.29, 0.717) is 16.8 Å². The Bertz CT molecular complexity index is 2190. The number of aromatic nitrogens is 4. The molecule has 0 aliphatic carbocycles. The SMILES string of the molecule is CCOC(=O)c1c(C)cc2nc(COC(=O)NCCOC(=O)c3cn4ccccc4n3)n(-c3ccccc3S(=O)(=O)NC)c(=O)c2c1C. The molecule has 2 N–H and O–H groups in total. The van der Waals surface area contributed by atoms with E-state index in [9.17, 15) is 27.6 Å². The van der Waals surface area contributed by atoms with Crippen LogP contribution in [0.15, 0.2) is 70.6 Å². The number of carbonyl (C=O) groups excluding carboxylic acids is 3. The van der Waals surface area contributed by atoms with Crippen molar-refractivity contribution in [2.75, 3.05) is 26.8 Å². The van der Waals surface area contributed by atoms with Gasteiger partial charge in [-0.15, -0.1) is 0 Å². The molecular formula is C32H32N6O9S. The molecule has 3 aromatic heterocycles. The molecule has 0 bridgehead atoms. The number of carbonyl (C=O) groups is 3. The fraction of sp³-hybridized carbons (Fsp3) is 0.250. The Morgan fingerprint density at radius 1 is 0.958 bits per heavy atom. The van der Waals surface area contributed by atoms with Gasteiger partial charge in [0.25, 0.3) is 5.56 Å². The van der Waals surface area contributed by atoms with E-state index in [0.717, 1.165) is 4.57 Å². The van der Waals surface area contributed by atoms with Gasteiger partial charge in [-0.3, -0.25) is 9.36 Å². The molecule has 0 fully saturated rings. The van der Waals surface area contributed by atoms with Gasteiger partial charge in [-0.25, -0.2) is 37.5 Å². The largest absolute Gasteiger partial charge is 0.462 e. The Kier molecular flexibility index (Phi) is 9.86. The minimum Gasteiger partial charge on any atom is -0.462 e. The summed E-state index contributed by atoms with van der Waals surface area (Å²) in [6.07, 6.45) is 2.35. The van der Waals surface area contributed by atoms with Gasteiger partial charge in [-0.1, -0.05) is 18.2 Å². The molecule has 5 rings (SSSR count). The Balaban J connectivity index is 1.42. The molecule has 0 saturated carbocycles. The number of benzene rings is 2. The van der Waals surface area contributed by atoms with Crippen molar-refractivity contribution < 1.29 is 37.0 Å². The van der Waals surface area contributed by atoms with Crippen LogP contribution in [-0.2, 0) is 30.8 Å². The summed E-state index contributed by atoms with van der Waals surface area (Å²) >= 11 is 0. The standard InChI is InChI=1S/C32H32N6O9S/c1-5-45-31(41)27-19(2)16-21-28(20(27)3)29(39)38(23-10-6-7-11-24(23)48(43,44)33-4)26(35-21)18-47-32(42)34-13-15-46-30(40)22-17-37-14-9-8-12-25(37)36-22/h6-12,14,16-17,33H,5,13,15,18H2,1-4H3,(H,34,42). The summed E-state index contributed by atoms with van der Waals surface area (Å²) in [6, 6.07) is 12.6. The first-order valence-electron chi connectivity index (χ1n) is 14.7. The number of sulfonamides is 1. The summed E-state index contributed by atoms with van der Waals surface area (Å²) in [6.45, 7) is 4.20. The zero-order valence-corrected chi connectivity index (χ0v) is 27.3. The van der Waals surface area contributed by atoms with Crippen molar-refractivity contribution in [3.63, 3.8) is 0 Å². The molecule has 250 valence electrons.